The molecule has 3 amide bonds. The van der Waals surface area contributed by atoms with E-state index < -0.39 is 17.1 Å². The van der Waals surface area contributed by atoms with E-state index >= 15 is 0 Å². The van der Waals surface area contributed by atoms with Gasteiger partial charge in [-0.1, -0.05) is 11.6 Å². The van der Waals surface area contributed by atoms with Gasteiger partial charge < -0.3 is 20.5 Å². The standard InChI is InChI=1S/C23H27ClFN5O3/c1-13(2)28-20(31)18-19(27-12-26-18)21(32)29-15-5-7-23(8-6-15)9-10-30(22(23)33)17-4-3-14(25)11-16(17)24/h3-4,11-13,15H,5-10H2,1-2H3,(H,26,27)(H,28,31)(H,29,32). The minimum atomic E-state index is -0.491. The van der Waals surface area contributed by atoms with Gasteiger partial charge in [0, 0.05) is 18.6 Å². The Morgan fingerprint density at radius 2 is 1.97 bits per heavy atom. The molecule has 0 unspecified atom stereocenters. The van der Waals surface area contributed by atoms with Gasteiger partial charge in [0.2, 0.25) is 5.91 Å². The SMILES string of the molecule is CC(C)NC(=O)c1nc[nH]c1C(=O)NC1CCC2(CC1)CCN(c1ccc(F)cc1Cl)C2=O. The van der Waals surface area contributed by atoms with Crippen LogP contribution in [-0.4, -0.2) is 46.3 Å². The molecule has 1 aliphatic heterocycles. The third-order valence-corrected chi connectivity index (χ3v) is 6.80. The molecule has 2 aromatic rings. The van der Waals surface area contributed by atoms with Crippen molar-refractivity contribution in [3.8, 4) is 0 Å². The second kappa shape index (κ2) is 9.13. The lowest BCUT2D eigenvalue weighted by Gasteiger charge is -2.36. The van der Waals surface area contributed by atoms with Gasteiger partial charge in [0.1, 0.15) is 11.5 Å². The summed E-state index contributed by atoms with van der Waals surface area (Å²) in [4.78, 5) is 46.7. The third-order valence-electron chi connectivity index (χ3n) is 6.49. The highest BCUT2D eigenvalue weighted by molar-refractivity contribution is 6.34. The van der Waals surface area contributed by atoms with Crippen LogP contribution in [0.25, 0.3) is 0 Å². The molecule has 0 atom stereocenters. The summed E-state index contributed by atoms with van der Waals surface area (Å²) in [5.41, 5.74) is 0.227. The minimum absolute atomic E-state index is 0.00185. The van der Waals surface area contributed by atoms with E-state index in [2.05, 4.69) is 20.6 Å². The molecule has 1 saturated carbocycles. The van der Waals surface area contributed by atoms with Crippen molar-refractivity contribution in [3.05, 3.63) is 46.8 Å². The van der Waals surface area contributed by atoms with Crippen LogP contribution in [0, 0.1) is 11.2 Å². The molecule has 1 aliphatic carbocycles. The van der Waals surface area contributed by atoms with Gasteiger partial charge in [0.25, 0.3) is 11.8 Å². The van der Waals surface area contributed by atoms with E-state index in [4.69, 9.17) is 11.6 Å². The van der Waals surface area contributed by atoms with Crippen LogP contribution in [0.15, 0.2) is 24.5 Å². The predicted octanol–water partition coefficient (Wildman–Crippen LogP) is 3.44. The van der Waals surface area contributed by atoms with Crippen molar-refractivity contribution in [3.63, 3.8) is 0 Å². The monoisotopic (exact) mass is 475 g/mol. The Bertz CT molecular complexity index is 1080. The molecule has 10 heteroatoms. The van der Waals surface area contributed by atoms with E-state index in [0.29, 0.717) is 44.3 Å². The number of H-pyrrole nitrogens is 1. The first-order valence-corrected chi connectivity index (χ1v) is 11.5. The number of halogens is 2. The Morgan fingerprint density at radius 3 is 2.64 bits per heavy atom. The Balaban J connectivity index is 1.38. The second-order valence-corrected chi connectivity index (χ2v) is 9.49. The Hall–Kier alpha value is -2.94. The number of carbonyl (C=O) groups excluding carboxylic acids is 3. The van der Waals surface area contributed by atoms with Gasteiger partial charge in [-0.2, -0.15) is 0 Å². The predicted molar refractivity (Wildman–Crippen MR) is 122 cm³/mol. The first kappa shape index (κ1) is 23.2. The van der Waals surface area contributed by atoms with Crippen LogP contribution in [-0.2, 0) is 4.79 Å². The number of aromatic nitrogens is 2. The van der Waals surface area contributed by atoms with Gasteiger partial charge in [-0.05, 0) is 64.2 Å². The molecule has 4 rings (SSSR count). The summed E-state index contributed by atoms with van der Waals surface area (Å²) >= 11 is 6.18. The lowest BCUT2D eigenvalue weighted by atomic mass is 9.71. The van der Waals surface area contributed by atoms with Gasteiger partial charge in [-0.25, -0.2) is 9.37 Å². The molecule has 1 aromatic carbocycles. The number of benzene rings is 1. The maximum Gasteiger partial charge on any atom is 0.272 e. The zero-order chi connectivity index (χ0) is 23.8. The number of amides is 3. The maximum absolute atomic E-state index is 13.4. The van der Waals surface area contributed by atoms with Crippen molar-refractivity contribution in [2.45, 2.75) is 58.0 Å². The molecule has 0 radical (unpaired) electrons. The van der Waals surface area contributed by atoms with E-state index in [1.807, 2.05) is 13.8 Å². The van der Waals surface area contributed by atoms with Crippen LogP contribution < -0.4 is 15.5 Å². The number of nitrogens with zero attached hydrogens (tertiary/aromatic N) is 2. The van der Waals surface area contributed by atoms with E-state index in [1.165, 1.54) is 24.5 Å². The Kier molecular flexibility index (Phi) is 6.43. The molecule has 2 aliphatic rings. The highest BCUT2D eigenvalue weighted by Crippen LogP contribution is 2.47. The molecule has 176 valence electrons. The first-order chi connectivity index (χ1) is 15.7. The van der Waals surface area contributed by atoms with Crippen LogP contribution in [0.2, 0.25) is 5.02 Å². The number of aromatic amines is 1. The van der Waals surface area contributed by atoms with Crippen LogP contribution >= 0.6 is 11.6 Å². The molecular weight excluding hydrogens is 449 g/mol. The molecule has 3 N–H and O–H groups in total. The number of rotatable bonds is 5. The van der Waals surface area contributed by atoms with Crippen LogP contribution in [0.3, 0.4) is 0 Å². The van der Waals surface area contributed by atoms with Crippen molar-refractivity contribution < 1.29 is 18.8 Å². The summed E-state index contributed by atoms with van der Waals surface area (Å²) in [6, 6.07) is 3.87. The molecule has 2 heterocycles. The topological polar surface area (TPSA) is 107 Å². The highest BCUT2D eigenvalue weighted by atomic mass is 35.5. The smallest absolute Gasteiger partial charge is 0.272 e. The molecule has 2 fully saturated rings. The molecule has 1 aromatic heterocycles. The summed E-state index contributed by atoms with van der Waals surface area (Å²) in [6.07, 6.45) is 4.58. The fourth-order valence-electron chi connectivity index (χ4n) is 4.76. The average molecular weight is 476 g/mol. The van der Waals surface area contributed by atoms with E-state index in [-0.39, 0.29) is 40.3 Å². The van der Waals surface area contributed by atoms with Crippen LogP contribution in [0.1, 0.15) is 66.9 Å². The molecule has 33 heavy (non-hydrogen) atoms. The average Bonchev–Trinajstić information content (AvgIpc) is 3.36. The zero-order valence-corrected chi connectivity index (χ0v) is 19.3. The van der Waals surface area contributed by atoms with E-state index in [1.54, 1.807) is 4.90 Å². The van der Waals surface area contributed by atoms with Gasteiger partial charge in [0.05, 0.1) is 22.5 Å². The summed E-state index contributed by atoms with van der Waals surface area (Å²) in [6.45, 7) is 4.19. The van der Waals surface area contributed by atoms with E-state index in [9.17, 15) is 18.8 Å². The maximum atomic E-state index is 13.4. The largest absolute Gasteiger partial charge is 0.348 e. The highest BCUT2D eigenvalue weighted by Gasteiger charge is 2.49. The van der Waals surface area contributed by atoms with Gasteiger partial charge in [-0.15, -0.1) is 0 Å². The zero-order valence-electron chi connectivity index (χ0n) is 18.6. The van der Waals surface area contributed by atoms with Crippen molar-refractivity contribution in [2.75, 3.05) is 11.4 Å². The second-order valence-electron chi connectivity index (χ2n) is 9.08. The number of nitrogens with one attached hydrogen (secondary N) is 3. The van der Waals surface area contributed by atoms with Gasteiger partial charge in [-0.3, -0.25) is 14.4 Å². The summed E-state index contributed by atoms with van der Waals surface area (Å²) in [5.74, 6) is -1.24. The Morgan fingerprint density at radius 1 is 1.24 bits per heavy atom. The molecule has 0 bridgehead atoms. The number of hydrogen-bond donors (Lipinski definition) is 3. The number of imidazole rings is 1. The fraction of sp³-hybridized carbons (Fsp3) is 0.478. The van der Waals surface area contributed by atoms with Crippen LogP contribution in [0.4, 0.5) is 10.1 Å². The summed E-state index contributed by atoms with van der Waals surface area (Å²) in [7, 11) is 0. The summed E-state index contributed by atoms with van der Waals surface area (Å²) < 4.78 is 13.4. The lowest BCUT2D eigenvalue weighted by molar-refractivity contribution is -0.127. The quantitative estimate of drug-likeness (QED) is 0.615. The molecule has 1 saturated heterocycles. The van der Waals surface area contributed by atoms with Crippen LogP contribution in [0.5, 0.6) is 0 Å². The molecule has 1 spiro atoms. The third kappa shape index (κ3) is 4.59. The minimum Gasteiger partial charge on any atom is -0.348 e. The fourth-order valence-corrected chi connectivity index (χ4v) is 5.03. The normalized spacial score (nSPS) is 22.8. The summed E-state index contributed by atoms with van der Waals surface area (Å²) in [5, 5.41) is 5.92. The Labute approximate surface area is 196 Å². The first-order valence-electron chi connectivity index (χ1n) is 11.1. The lowest BCUT2D eigenvalue weighted by Crippen LogP contribution is -2.44. The van der Waals surface area contributed by atoms with Crippen molar-refractivity contribution in [1.29, 1.82) is 0 Å². The van der Waals surface area contributed by atoms with Crippen molar-refractivity contribution in [2.24, 2.45) is 5.41 Å². The van der Waals surface area contributed by atoms with Crippen molar-refractivity contribution >= 4 is 35.0 Å². The van der Waals surface area contributed by atoms with Gasteiger partial charge in [0.15, 0.2) is 5.69 Å². The molecular formula is C23H27ClFN5O3. The van der Waals surface area contributed by atoms with E-state index in [0.717, 1.165) is 0 Å². The van der Waals surface area contributed by atoms with Crippen molar-refractivity contribution in [1.82, 2.24) is 20.6 Å². The number of hydrogen-bond acceptors (Lipinski definition) is 4. The number of carbonyl (C=O) groups is 3. The number of anilines is 1. The molecule has 8 nitrogen and oxygen atoms in total. The van der Waals surface area contributed by atoms with Gasteiger partial charge >= 0.3 is 0 Å².